The molecule has 11 heteroatoms. The molecule has 1 aromatic carbocycles. The van der Waals surface area contributed by atoms with E-state index in [2.05, 4.69) is 37.8 Å². The van der Waals surface area contributed by atoms with Gasteiger partial charge in [0.25, 0.3) is 11.4 Å². The van der Waals surface area contributed by atoms with Gasteiger partial charge in [-0.25, -0.2) is 0 Å². The number of benzene rings is 1. The molecule has 0 bridgehead atoms. The first-order valence-corrected chi connectivity index (χ1v) is 7.33. The molecule has 0 amide bonds. The molecule has 0 fully saturated rings. The van der Waals surface area contributed by atoms with E-state index < -0.39 is 37.6 Å². The molecule has 0 saturated carbocycles. The summed E-state index contributed by atoms with van der Waals surface area (Å²) in [5.74, 6) is -1.21. The van der Waals surface area contributed by atoms with E-state index in [1.54, 1.807) is 0 Å². The van der Waals surface area contributed by atoms with Crippen LogP contribution < -0.4 is 0 Å². The number of rotatable bonds is 7. The lowest BCUT2D eigenvalue weighted by molar-refractivity contribution is -0.404. The van der Waals surface area contributed by atoms with E-state index in [4.69, 9.17) is 5.11 Å². The van der Waals surface area contributed by atoms with Crippen LogP contribution in [0.5, 0.6) is 5.75 Å². The van der Waals surface area contributed by atoms with Crippen molar-refractivity contribution in [3.8, 4) is 5.75 Å². The zero-order valence-electron chi connectivity index (χ0n) is 14.1. The first-order chi connectivity index (χ1) is 11.7. The van der Waals surface area contributed by atoms with Crippen LogP contribution in [0, 0.1) is 30.3 Å². The van der Waals surface area contributed by atoms with Gasteiger partial charge in [0.15, 0.2) is 0 Å². The number of aromatic hydroxyl groups is 1. The third kappa shape index (κ3) is 6.91. The van der Waals surface area contributed by atoms with Gasteiger partial charge >= 0.3 is 11.4 Å². The Labute approximate surface area is 143 Å². The summed E-state index contributed by atoms with van der Waals surface area (Å²) in [6.45, 7) is 9.84. The molecule has 0 saturated heterocycles. The predicted octanol–water partition coefficient (Wildman–Crippen LogP) is 3.02. The maximum atomic E-state index is 10.4. The van der Waals surface area contributed by atoms with Crippen LogP contribution >= 0.6 is 0 Å². The quantitative estimate of drug-likeness (QED) is 0.444. The van der Waals surface area contributed by atoms with Gasteiger partial charge in [-0.2, -0.15) is 0 Å². The van der Waals surface area contributed by atoms with Crippen molar-refractivity contribution in [1.29, 1.82) is 0 Å². The Morgan fingerprint density at radius 2 is 1.44 bits per heavy atom. The molecule has 0 unspecified atom stereocenters. The number of hydrogen-bond acceptors (Lipinski definition) is 8. The fourth-order valence-corrected chi connectivity index (χ4v) is 1.71. The summed E-state index contributed by atoms with van der Waals surface area (Å²) in [5.41, 5.74) is -3.00. The molecule has 11 nitrogen and oxygen atoms in total. The van der Waals surface area contributed by atoms with Gasteiger partial charge in [0.2, 0.25) is 0 Å². The number of phenols is 1. The van der Waals surface area contributed by atoms with Gasteiger partial charge in [0, 0.05) is 6.54 Å². The van der Waals surface area contributed by atoms with Crippen molar-refractivity contribution in [3.63, 3.8) is 0 Å². The minimum Gasteiger partial charge on any atom is -0.497 e. The van der Waals surface area contributed by atoms with Crippen LogP contribution in [0.3, 0.4) is 0 Å². The average molecular weight is 356 g/mol. The van der Waals surface area contributed by atoms with Gasteiger partial charge in [0.1, 0.15) is 0 Å². The molecule has 1 rings (SSSR count). The van der Waals surface area contributed by atoms with Gasteiger partial charge in [-0.1, -0.05) is 26.0 Å². The van der Waals surface area contributed by atoms with E-state index in [9.17, 15) is 30.3 Å². The number of allylic oxidation sites excluding steroid dienone is 1. The van der Waals surface area contributed by atoms with Gasteiger partial charge < -0.3 is 10.0 Å². The summed E-state index contributed by atoms with van der Waals surface area (Å²) < 4.78 is 0. The van der Waals surface area contributed by atoms with Crippen LogP contribution in [0.2, 0.25) is 0 Å². The van der Waals surface area contributed by atoms with Crippen LogP contribution in [0.4, 0.5) is 17.1 Å². The lowest BCUT2D eigenvalue weighted by Gasteiger charge is -2.14. The van der Waals surface area contributed by atoms with E-state index in [1.165, 1.54) is 0 Å². The van der Waals surface area contributed by atoms with E-state index in [1.807, 2.05) is 0 Å². The Bertz CT molecular complexity index is 622. The second-order valence-electron chi connectivity index (χ2n) is 4.66. The molecular formula is C14H20N4O7. The largest absolute Gasteiger partial charge is 0.497 e. The van der Waals surface area contributed by atoms with Gasteiger partial charge in [-0.15, -0.1) is 0 Å². The SMILES string of the molecule is CC=CCN(CC)CC.O=[N+]([O-])c1cc([N+](=O)[O-])c(O)c([N+](=O)[O-])c1. The number of nitrogens with zero attached hydrogens (tertiary/aromatic N) is 4. The molecule has 0 heterocycles. The number of hydrogen-bond donors (Lipinski definition) is 1. The first-order valence-electron chi connectivity index (χ1n) is 7.33. The zero-order chi connectivity index (χ0) is 19.6. The normalized spacial score (nSPS) is 10.4. The van der Waals surface area contributed by atoms with Crippen LogP contribution in [-0.2, 0) is 0 Å². The maximum absolute atomic E-state index is 10.4. The van der Waals surface area contributed by atoms with E-state index >= 15 is 0 Å². The number of nitro groups is 3. The highest BCUT2D eigenvalue weighted by atomic mass is 16.6. The summed E-state index contributed by atoms with van der Waals surface area (Å²) in [6, 6.07) is 0.894. The monoisotopic (exact) mass is 356 g/mol. The smallest absolute Gasteiger partial charge is 0.324 e. The van der Waals surface area contributed by atoms with E-state index in [-0.39, 0.29) is 0 Å². The Morgan fingerprint density at radius 3 is 1.72 bits per heavy atom. The maximum Gasteiger partial charge on any atom is 0.324 e. The Balaban J connectivity index is 0.000000547. The van der Waals surface area contributed by atoms with Gasteiger partial charge in [0.05, 0.1) is 26.9 Å². The Morgan fingerprint density at radius 1 is 1.00 bits per heavy atom. The van der Waals surface area contributed by atoms with Crippen molar-refractivity contribution < 1.29 is 19.9 Å². The van der Waals surface area contributed by atoms with Crippen LogP contribution in [0.25, 0.3) is 0 Å². The Kier molecular flexibility index (Phi) is 9.34. The standard InChI is InChI=1S/C8H17N.C6H3N3O7/c1-4-7-8-9(5-2)6-3;10-6-4(8(13)14)1-3(7(11)12)2-5(6)9(15)16/h4,7H,5-6,8H2,1-3H3;1-2,10H. The highest BCUT2D eigenvalue weighted by Gasteiger charge is 2.30. The molecule has 0 atom stereocenters. The minimum absolute atomic E-state index is 0.447. The summed E-state index contributed by atoms with van der Waals surface area (Å²) >= 11 is 0. The number of phenolic OH excluding ortho intramolecular Hbond substituents is 1. The topological polar surface area (TPSA) is 153 Å². The summed E-state index contributed by atoms with van der Waals surface area (Å²) in [5, 5.41) is 40.2. The van der Waals surface area contributed by atoms with E-state index in [0.29, 0.717) is 12.1 Å². The number of likely N-dealkylation sites (N-methyl/N-ethyl adjacent to an activating group) is 1. The van der Waals surface area contributed by atoms with E-state index in [0.717, 1.165) is 19.6 Å². The third-order valence-corrected chi connectivity index (χ3v) is 3.15. The molecular weight excluding hydrogens is 336 g/mol. The molecule has 0 spiro atoms. The van der Waals surface area contributed by atoms with Crippen molar-refractivity contribution in [2.24, 2.45) is 0 Å². The lowest BCUT2D eigenvalue weighted by Crippen LogP contribution is -2.22. The van der Waals surface area contributed by atoms with Gasteiger partial charge in [-0.3, -0.25) is 30.3 Å². The highest BCUT2D eigenvalue weighted by molar-refractivity contribution is 5.64. The van der Waals surface area contributed by atoms with Crippen LogP contribution in [0.1, 0.15) is 20.8 Å². The molecule has 1 N–H and O–H groups in total. The second kappa shape index (κ2) is 10.6. The summed E-state index contributed by atoms with van der Waals surface area (Å²) in [6.07, 6.45) is 4.28. The first kappa shape index (κ1) is 21.9. The highest BCUT2D eigenvalue weighted by Crippen LogP contribution is 2.38. The molecule has 0 aliphatic heterocycles. The average Bonchev–Trinajstić information content (AvgIpc) is 2.55. The van der Waals surface area contributed by atoms with Crippen molar-refractivity contribution in [1.82, 2.24) is 4.90 Å². The van der Waals surface area contributed by atoms with Crippen molar-refractivity contribution in [3.05, 3.63) is 54.6 Å². The van der Waals surface area contributed by atoms with Crippen molar-refractivity contribution >= 4 is 17.1 Å². The molecule has 0 aliphatic rings. The number of nitro benzene ring substituents is 3. The molecule has 0 aliphatic carbocycles. The second-order valence-corrected chi connectivity index (χ2v) is 4.66. The van der Waals surface area contributed by atoms with Crippen LogP contribution in [0.15, 0.2) is 24.3 Å². The minimum atomic E-state index is -1.21. The third-order valence-electron chi connectivity index (χ3n) is 3.15. The van der Waals surface area contributed by atoms with Gasteiger partial charge in [-0.05, 0) is 20.0 Å². The molecule has 1 aromatic rings. The van der Waals surface area contributed by atoms with Crippen molar-refractivity contribution in [2.75, 3.05) is 19.6 Å². The summed E-state index contributed by atoms with van der Waals surface area (Å²) in [4.78, 5) is 30.1. The fraction of sp³-hybridized carbons (Fsp3) is 0.429. The molecule has 25 heavy (non-hydrogen) atoms. The molecule has 0 radical (unpaired) electrons. The Hall–Kier alpha value is -3.08. The van der Waals surface area contributed by atoms with Crippen molar-refractivity contribution in [2.45, 2.75) is 20.8 Å². The predicted molar refractivity (Wildman–Crippen MR) is 90.7 cm³/mol. The molecule has 0 aromatic heterocycles. The fourth-order valence-electron chi connectivity index (χ4n) is 1.71. The number of non-ortho nitro benzene ring substituents is 1. The zero-order valence-corrected chi connectivity index (χ0v) is 14.1. The summed E-state index contributed by atoms with van der Waals surface area (Å²) in [7, 11) is 0. The lowest BCUT2D eigenvalue weighted by atomic mass is 10.2. The molecule has 138 valence electrons. The van der Waals surface area contributed by atoms with Crippen LogP contribution in [-0.4, -0.2) is 44.4 Å².